The van der Waals surface area contributed by atoms with Gasteiger partial charge >= 0.3 is 0 Å². The van der Waals surface area contributed by atoms with Gasteiger partial charge in [-0.2, -0.15) is 5.26 Å². The largest absolute Gasteiger partial charge is 0.284 e. The van der Waals surface area contributed by atoms with E-state index in [0.29, 0.717) is 11.8 Å². The van der Waals surface area contributed by atoms with Crippen LogP contribution in [0.1, 0.15) is 39.2 Å². The van der Waals surface area contributed by atoms with Crippen molar-refractivity contribution in [3.63, 3.8) is 0 Å². The van der Waals surface area contributed by atoms with Crippen molar-refractivity contribution >= 4 is 22.7 Å². The summed E-state index contributed by atoms with van der Waals surface area (Å²) in [7, 11) is 0. The smallest absolute Gasteiger partial charge is 0.262 e. The number of nitrogens with zero attached hydrogens (tertiary/aromatic N) is 3. The number of aromatic nitrogens is 2. The Balaban J connectivity index is 2.46. The average molecular weight is 301 g/mol. The number of fused-ring (bicyclic) bond motifs is 1. The van der Waals surface area contributed by atoms with Gasteiger partial charge in [0.25, 0.3) is 5.56 Å². The molecule has 0 radical (unpaired) electrons. The summed E-state index contributed by atoms with van der Waals surface area (Å²) < 4.78 is 1.79. The second-order valence-corrected chi connectivity index (χ2v) is 6.02. The van der Waals surface area contributed by atoms with Crippen molar-refractivity contribution in [3.8, 4) is 6.07 Å². The van der Waals surface area contributed by atoms with E-state index in [1.165, 1.54) is 0 Å². The molecule has 2 aromatic rings. The van der Waals surface area contributed by atoms with Gasteiger partial charge in [0.05, 0.1) is 17.0 Å². The van der Waals surface area contributed by atoms with Gasteiger partial charge in [-0.3, -0.25) is 9.36 Å². The number of unbranched alkanes of at least 4 members (excludes halogenated alkanes) is 1. The molecule has 4 nitrogen and oxygen atoms in total. The van der Waals surface area contributed by atoms with Gasteiger partial charge in [-0.15, -0.1) is 0 Å². The molecule has 0 aliphatic carbocycles. The number of rotatable bonds is 6. The van der Waals surface area contributed by atoms with Crippen LogP contribution in [-0.2, 0) is 0 Å². The summed E-state index contributed by atoms with van der Waals surface area (Å²) in [5, 5.41) is 10.0. The molecule has 1 aromatic carbocycles. The van der Waals surface area contributed by atoms with Gasteiger partial charge < -0.3 is 0 Å². The van der Waals surface area contributed by atoms with Gasteiger partial charge in [0.2, 0.25) is 0 Å². The Morgan fingerprint density at radius 3 is 2.90 bits per heavy atom. The molecule has 1 atom stereocenters. The van der Waals surface area contributed by atoms with Crippen LogP contribution in [-0.4, -0.2) is 15.3 Å². The number of para-hydroxylation sites is 1. The van der Waals surface area contributed by atoms with E-state index in [9.17, 15) is 4.79 Å². The fourth-order valence-corrected chi connectivity index (χ4v) is 3.15. The van der Waals surface area contributed by atoms with E-state index in [1.54, 1.807) is 16.3 Å². The van der Waals surface area contributed by atoms with Crippen molar-refractivity contribution < 1.29 is 0 Å². The number of benzene rings is 1. The maximum absolute atomic E-state index is 12.7. The van der Waals surface area contributed by atoms with Crippen LogP contribution in [0, 0.1) is 11.3 Å². The molecule has 0 spiro atoms. The zero-order valence-corrected chi connectivity index (χ0v) is 13.2. The van der Waals surface area contributed by atoms with Crippen molar-refractivity contribution in [2.45, 2.75) is 44.3 Å². The molecule has 1 heterocycles. The van der Waals surface area contributed by atoms with Crippen LogP contribution >= 0.6 is 11.8 Å². The predicted octanol–water partition coefficient (Wildman–Crippen LogP) is 3.76. The quantitative estimate of drug-likeness (QED) is 0.463. The lowest BCUT2D eigenvalue weighted by Crippen LogP contribution is -2.26. The predicted molar refractivity (Wildman–Crippen MR) is 86.6 cm³/mol. The van der Waals surface area contributed by atoms with E-state index in [0.717, 1.165) is 29.3 Å². The SMILES string of the molecule is CC[C@H](C)n1c(SCCCC#N)nc2ccccc2c1=O. The Bertz CT molecular complexity index is 718. The van der Waals surface area contributed by atoms with Crippen LogP contribution in [0.25, 0.3) is 10.9 Å². The van der Waals surface area contributed by atoms with Crippen LogP contribution in [0.5, 0.6) is 0 Å². The number of hydrogen-bond acceptors (Lipinski definition) is 4. The summed E-state index contributed by atoms with van der Waals surface area (Å²) in [5.74, 6) is 0.800. The van der Waals surface area contributed by atoms with Gasteiger partial charge in [0.1, 0.15) is 0 Å². The monoisotopic (exact) mass is 301 g/mol. The summed E-state index contributed by atoms with van der Waals surface area (Å²) in [6, 6.07) is 9.72. The lowest BCUT2D eigenvalue weighted by molar-refractivity contribution is 0.468. The maximum Gasteiger partial charge on any atom is 0.262 e. The molecule has 5 heteroatoms. The van der Waals surface area contributed by atoms with Crippen molar-refractivity contribution in [2.24, 2.45) is 0 Å². The Kier molecular flexibility index (Phi) is 5.40. The van der Waals surface area contributed by atoms with E-state index in [4.69, 9.17) is 5.26 Å². The lowest BCUT2D eigenvalue weighted by Gasteiger charge is -2.18. The molecule has 0 bridgehead atoms. The third-order valence-corrected chi connectivity index (χ3v) is 4.51. The maximum atomic E-state index is 12.7. The molecule has 110 valence electrons. The van der Waals surface area contributed by atoms with Crippen molar-refractivity contribution in [3.05, 3.63) is 34.6 Å². The molecular weight excluding hydrogens is 282 g/mol. The van der Waals surface area contributed by atoms with Gasteiger partial charge in [0.15, 0.2) is 5.16 Å². The van der Waals surface area contributed by atoms with Gasteiger partial charge in [-0.05, 0) is 31.9 Å². The average Bonchev–Trinajstić information content (AvgIpc) is 2.51. The summed E-state index contributed by atoms with van der Waals surface area (Å²) in [4.78, 5) is 17.3. The highest BCUT2D eigenvalue weighted by molar-refractivity contribution is 7.99. The van der Waals surface area contributed by atoms with Gasteiger partial charge in [-0.25, -0.2) is 4.98 Å². The third-order valence-electron chi connectivity index (χ3n) is 3.47. The highest BCUT2D eigenvalue weighted by atomic mass is 32.2. The normalized spacial score (nSPS) is 12.2. The second-order valence-electron chi connectivity index (χ2n) is 4.95. The standard InChI is InChI=1S/C16H19N3OS/c1-3-12(2)19-15(20)13-8-4-5-9-14(13)18-16(19)21-11-7-6-10-17/h4-5,8-9,12H,3,6-7,11H2,1-2H3/t12-/m0/s1. The fraction of sp³-hybridized carbons (Fsp3) is 0.438. The molecule has 0 N–H and O–H groups in total. The molecule has 0 saturated heterocycles. The Morgan fingerprint density at radius 1 is 1.43 bits per heavy atom. The molecule has 2 rings (SSSR count). The molecule has 0 fully saturated rings. The minimum atomic E-state index is 0.0257. The zero-order chi connectivity index (χ0) is 15.2. The Morgan fingerprint density at radius 2 is 2.19 bits per heavy atom. The van der Waals surface area contributed by atoms with Crippen molar-refractivity contribution in [2.75, 3.05) is 5.75 Å². The summed E-state index contributed by atoms with van der Waals surface area (Å²) >= 11 is 1.56. The first-order chi connectivity index (χ1) is 10.2. The lowest BCUT2D eigenvalue weighted by atomic mass is 10.2. The van der Waals surface area contributed by atoms with Crippen LogP contribution in [0.4, 0.5) is 0 Å². The van der Waals surface area contributed by atoms with Crippen LogP contribution < -0.4 is 5.56 Å². The highest BCUT2D eigenvalue weighted by Gasteiger charge is 2.15. The van der Waals surface area contributed by atoms with Crippen LogP contribution in [0.15, 0.2) is 34.2 Å². The third kappa shape index (κ3) is 3.45. The van der Waals surface area contributed by atoms with E-state index < -0.39 is 0 Å². The first-order valence-electron chi connectivity index (χ1n) is 7.20. The molecule has 0 saturated carbocycles. The van der Waals surface area contributed by atoms with E-state index in [2.05, 4.69) is 18.0 Å². The van der Waals surface area contributed by atoms with Gasteiger partial charge in [-0.1, -0.05) is 30.8 Å². The number of hydrogen-bond donors (Lipinski definition) is 0. The molecule has 0 aliphatic rings. The number of nitriles is 1. The van der Waals surface area contributed by atoms with E-state index >= 15 is 0 Å². The van der Waals surface area contributed by atoms with E-state index in [1.807, 2.05) is 31.2 Å². The Labute approximate surface area is 128 Å². The van der Waals surface area contributed by atoms with Crippen molar-refractivity contribution in [1.82, 2.24) is 9.55 Å². The molecule has 1 aromatic heterocycles. The molecule has 0 aliphatic heterocycles. The summed E-state index contributed by atoms with van der Waals surface area (Å²) in [6.07, 6.45) is 2.23. The van der Waals surface area contributed by atoms with E-state index in [-0.39, 0.29) is 11.6 Å². The first kappa shape index (κ1) is 15.6. The minimum absolute atomic E-state index is 0.0257. The summed E-state index contributed by atoms with van der Waals surface area (Å²) in [6.45, 7) is 4.10. The molecule has 0 unspecified atom stereocenters. The molecule has 0 amide bonds. The highest BCUT2D eigenvalue weighted by Crippen LogP contribution is 2.23. The molecule has 21 heavy (non-hydrogen) atoms. The minimum Gasteiger partial charge on any atom is -0.284 e. The van der Waals surface area contributed by atoms with Crippen LogP contribution in [0.2, 0.25) is 0 Å². The van der Waals surface area contributed by atoms with Crippen molar-refractivity contribution in [1.29, 1.82) is 5.26 Å². The zero-order valence-electron chi connectivity index (χ0n) is 12.4. The topological polar surface area (TPSA) is 58.7 Å². The second kappa shape index (κ2) is 7.28. The van der Waals surface area contributed by atoms with Gasteiger partial charge in [0, 0.05) is 18.2 Å². The number of thioether (sulfide) groups is 1. The Hall–Kier alpha value is -1.80. The summed E-state index contributed by atoms with van der Waals surface area (Å²) in [5.41, 5.74) is 0.766. The van der Waals surface area contributed by atoms with Crippen LogP contribution in [0.3, 0.4) is 0 Å². The first-order valence-corrected chi connectivity index (χ1v) is 8.18. The molecular formula is C16H19N3OS. The fourth-order valence-electron chi connectivity index (χ4n) is 2.11.